The van der Waals surface area contributed by atoms with Crippen LogP contribution >= 0.6 is 11.6 Å². The van der Waals surface area contributed by atoms with Crippen LogP contribution in [0.2, 0.25) is 5.02 Å². The van der Waals surface area contributed by atoms with E-state index in [-0.39, 0.29) is 17.2 Å². The van der Waals surface area contributed by atoms with Crippen LogP contribution in [0.5, 0.6) is 11.5 Å². The molecule has 1 aromatic heterocycles. The molecule has 1 aliphatic rings. The summed E-state index contributed by atoms with van der Waals surface area (Å²) in [7, 11) is 2.98. The fourth-order valence-electron chi connectivity index (χ4n) is 3.64. The first-order valence-electron chi connectivity index (χ1n) is 9.58. The number of amides is 1. The zero-order valence-corrected chi connectivity index (χ0v) is 18.2. The molecule has 0 radical (unpaired) electrons. The third-order valence-corrected chi connectivity index (χ3v) is 5.40. The van der Waals surface area contributed by atoms with Gasteiger partial charge in [-0.2, -0.15) is 0 Å². The number of ether oxygens (including phenoxy) is 2. The summed E-state index contributed by atoms with van der Waals surface area (Å²) in [4.78, 5) is 27.3. The molecule has 1 fully saturated rings. The average Bonchev–Trinajstić information content (AvgIpc) is 3.34. The van der Waals surface area contributed by atoms with Crippen molar-refractivity contribution in [2.45, 2.75) is 13.0 Å². The van der Waals surface area contributed by atoms with Gasteiger partial charge in [-0.25, -0.2) is 0 Å². The van der Waals surface area contributed by atoms with E-state index in [1.807, 2.05) is 0 Å². The number of aliphatic hydroxyl groups excluding tert-OH is 1. The second-order valence-electron chi connectivity index (χ2n) is 7.09. The quantitative estimate of drug-likeness (QED) is 0.348. The van der Waals surface area contributed by atoms with E-state index in [1.165, 1.54) is 19.1 Å². The van der Waals surface area contributed by atoms with Crippen LogP contribution in [0.15, 0.2) is 58.6 Å². The predicted octanol–water partition coefficient (Wildman–Crippen LogP) is 4.28. The van der Waals surface area contributed by atoms with Gasteiger partial charge in [0.1, 0.15) is 11.5 Å². The predicted molar refractivity (Wildman–Crippen MR) is 117 cm³/mol. The minimum atomic E-state index is -0.977. The third kappa shape index (κ3) is 3.58. The number of rotatable bonds is 5. The highest BCUT2D eigenvalue weighted by Gasteiger charge is 2.48. The molecule has 0 spiro atoms. The molecular formula is C23H19ClN2O6. The summed E-state index contributed by atoms with van der Waals surface area (Å²) in [5.74, 6) is -0.527. The van der Waals surface area contributed by atoms with Gasteiger partial charge in [0.25, 0.3) is 5.78 Å². The van der Waals surface area contributed by atoms with Crippen molar-refractivity contribution in [1.29, 1.82) is 0 Å². The Morgan fingerprint density at radius 1 is 1.06 bits per heavy atom. The molecule has 1 atom stereocenters. The molecule has 9 heteroatoms. The van der Waals surface area contributed by atoms with Gasteiger partial charge in [-0.1, -0.05) is 22.8 Å². The molecule has 1 saturated heterocycles. The first-order valence-corrected chi connectivity index (χ1v) is 9.95. The first kappa shape index (κ1) is 21.5. The van der Waals surface area contributed by atoms with Crippen LogP contribution in [0.25, 0.3) is 5.76 Å². The second-order valence-corrected chi connectivity index (χ2v) is 7.52. The fourth-order valence-corrected chi connectivity index (χ4v) is 3.76. The summed E-state index contributed by atoms with van der Waals surface area (Å²) in [6.07, 6.45) is 0. The average molecular weight is 455 g/mol. The summed E-state index contributed by atoms with van der Waals surface area (Å²) in [6, 6.07) is 11.9. The summed E-state index contributed by atoms with van der Waals surface area (Å²) < 4.78 is 15.8. The number of Topliss-reactive ketones (excluding diaryl/α,β-unsaturated/α-hetero) is 1. The van der Waals surface area contributed by atoms with Gasteiger partial charge in [-0.15, -0.1) is 0 Å². The maximum atomic E-state index is 13.1. The van der Waals surface area contributed by atoms with Crippen molar-refractivity contribution in [3.8, 4) is 11.5 Å². The van der Waals surface area contributed by atoms with E-state index in [0.717, 1.165) is 0 Å². The topological polar surface area (TPSA) is 102 Å². The van der Waals surface area contributed by atoms with E-state index < -0.39 is 17.7 Å². The molecule has 0 unspecified atom stereocenters. The van der Waals surface area contributed by atoms with Crippen LogP contribution in [-0.2, 0) is 9.59 Å². The number of nitrogens with zero attached hydrogens (tertiary/aromatic N) is 2. The van der Waals surface area contributed by atoms with Crippen molar-refractivity contribution < 1.29 is 28.7 Å². The zero-order chi connectivity index (χ0) is 23.0. The monoisotopic (exact) mass is 454 g/mol. The minimum Gasteiger partial charge on any atom is -0.507 e. The number of hydrogen-bond acceptors (Lipinski definition) is 7. The van der Waals surface area contributed by atoms with Crippen LogP contribution in [-0.4, -0.2) is 36.2 Å². The largest absolute Gasteiger partial charge is 0.507 e. The Labute approximate surface area is 188 Å². The van der Waals surface area contributed by atoms with Crippen molar-refractivity contribution in [3.63, 3.8) is 0 Å². The fraction of sp³-hybridized carbons (Fsp3) is 0.174. The van der Waals surface area contributed by atoms with Crippen LogP contribution in [0.1, 0.15) is 22.9 Å². The van der Waals surface area contributed by atoms with E-state index >= 15 is 0 Å². The number of benzene rings is 2. The number of aryl methyl sites for hydroxylation is 1. The molecule has 0 saturated carbocycles. The molecule has 0 bridgehead atoms. The van der Waals surface area contributed by atoms with E-state index in [2.05, 4.69) is 5.16 Å². The molecule has 4 rings (SSSR count). The lowest BCUT2D eigenvalue weighted by Crippen LogP contribution is -2.29. The van der Waals surface area contributed by atoms with E-state index in [4.69, 9.17) is 25.6 Å². The molecule has 0 aliphatic carbocycles. The van der Waals surface area contributed by atoms with Gasteiger partial charge in [0, 0.05) is 16.7 Å². The van der Waals surface area contributed by atoms with Gasteiger partial charge in [-0.05, 0) is 48.9 Å². The Hall–Kier alpha value is -3.78. The first-order chi connectivity index (χ1) is 15.3. The number of hydrogen-bond donors (Lipinski definition) is 1. The molecule has 2 aromatic carbocycles. The molecular weight excluding hydrogens is 436 g/mol. The number of aromatic nitrogens is 1. The van der Waals surface area contributed by atoms with Gasteiger partial charge in [0.05, 0.1) is 25.8 Å². The highest BCUT2D eigenvalue weighted by Crippen LogP contribution is 2.43. The highest BCUT2D eigenvalue weighted by atomic mass is 35.5. The number of methoxy groups -OCH3 is 2. The Morgan fingerprint density at radius 2 is 1.75 bits per heavy atom. The Morgan fingerprint density at radius 3 is 2.34 bits per heavy atom. The third-order valence-electron chi connectivity index (χ3n) is 5.15. The normalized spacial score (nSPS) is 17.6. The molecule has 1 aliphatic heterocycles. The standard InChI is InChI=1S/C23H19ClN2O6/c1-12-10-18(25-32-12)26-20(14-6-9-16(30-2)17(11-14)31-3)19(22(28)23(26)29)21(27)13-4-7-15(24)8-5-13/h4-11,20,27H,1-3H3/t20-/m1/s1. The molecule has 164 valence electrons. The molecule has 1 N–H and O–H groups in total. The van der Waals surface area contributed by atoms with Crippen molar-refractivity contribution in [2.75, 3.05) is 19.1 Å². The van der Waals surface area contributed by atoms with E-state index in [1.54, 1.807) is 55.5 Å². The molecule has 2 heterocycles. The molecule has 1 amide bonds. The zero-order valence-electron chi connectivity index (χ0n) is 17.5. The van der Waals surface area contributed by atoms with Gasteiger partial charge in [0.15, 0.2) is 17.3 Å². The Kier molecular flexibility index (Phi) is 5.63. The summed E-state index contributed by atoms with van der Waals surface area (Å²) in [5, 5.41) is 15.4. The summed E-state index contributed by atoms with van der Waals surface area (Å²) in [5.41, 5.74) is 0.762. The van der Waals surface area contributed by atoms with E-state index in [9.17, 15) is 14.7 Å². The number of ketones is 1. The number of carbonyl (C=O) groups excluding carboxylic acids is 2. The van der Waals surface area contributed by atoms with Gasteiger partial charge in [0.2, 0.25) is 0 Å². The maximum absolute atomic E-state index is 13.1. The molecule has 3 aromatic rings. The Bertz CT molecular complexity index is 1230. The summed E-state index contributed by atoms with van der Waals surface area (Å²) in [6.45, 7) is 1.67. The number of halogens is 1. The van der Waals surface area contributed by atoms with Gasteiger partial charge >= 0.3 is 5.91 Å². The number of aliphatic hydroxyl groups is 1. The highest BCUT2D eigenvalue weighted by molar-refractivity contribution is 6.51. The smallest absolute Gasteiger partial charge is 0.301 e. The van der Waals surface area contributed by atoms with Crippen LogP contribution in [0.3, 0.4) is 0 Å². The lowest BCUT2D eigenvalue weighted by molar-refractivity contribution is -0.132. The maximum Gasteiger partial charge on any atom is 0.301 e. The van der Waals surface area contributed by atoms with Gasteiger partial charge < -0.3 is 19.1 Å². The van der Waals surface area contributed by atoms with Crippen LogP contribution in [0.4, 0.5) is 5.82 Å². The van der Waals surface area contributed by atoms with Crippen LogP contribution < -0.4 is 14.4 Å². The second kappa shape index (κ2) is 8.39. The van der Waals surface area contributed by atoms with Crippen LogP contribution in [0, 0.1) is 6.92 Å². The SMILES string of the molecule is COc1ccc([C@@H]2C(=C(O)c3ccc(Cl)cc3)C(=O)C(=O)N2c2cc(C)on2)cc1OC. The Balaban J connectivity index is 1.95. The van der Waals surface area contributed by atoms with Crippen molar-refractivity contribution in [2.24, 2.45) is 0 Å². The van der Waals surface area contributed by atoms with Gasteiger partial charge in [-0.3, -0.25) is 14.5 Å². The number of anilines is 1. The summed E-state index contributed by atoms with van der Waals surface area (Å²) >= 11 is 5.95. The van der Waals surface area contributed by atoms with Crippen molar-refractivity contribution in [1.82, 2.24) is 5.16 Å². The van der Waals surface area contributed by atoms with E-state index in [0.29, 0.717) is 33.4 Å². The number of carbonyl (C=O) groups is 2. The van der Waals surface area contributed by atoms with Crippen molar-refractivity contribution in [3.05, 3.63) is 76.0 Å². The lowest BCUT2D eigenvalue weighted by Gasteiger charge is -2.23. The molecule has 32 heavy (non-hydrogen) atoms. The minimum absolute atomic E-state index is 0.0924. The molecule has 8 nitrogen and oxygen atoms in total. The van der Waals surface area contributed by atoms with Crippen molar-refractivity contribution >= 4 is 34.9 Å². The lowest BCUT2D eigenvalue weighted by atomic mass is 9.95.